The maximum absolute atomic E-state index is 12.4. The van der Waals surface area contributed by atoms with E-state index in [0.717, 1.165) is 23.7 Å². The molecule has 0 atom stereocenters. The molecule has 0 saturated carbocycles. The quantitative estimate of drug-likeness (QED) is 0.590. The van der Waals surface area contributed by atoms with Crippen LogP contribution in [0.2, 0.25) is 0 Å². The number of carbonyl (C=O) groups excluding carboxylic acids is 4. The van der Waals surface area contributed by atoms with Crippen LogP contribution in [0.3, 0.4) is 0 Å². The lowest BCUT2D eigenvalue weighted by atomic mass is 10.2. The number of hydrogen-bond donors (Lipinski definition) is 1. The van der Waals surface area contributed by atoms with Crippen LogP contribution in [0.25, 0.3) is 0 Å². The van der Waals surface area contributed by atoms with Crippen LogP contribution in [0.15, 0.2) is 47.1 Å². The molecule has 9 nitrogen and oxygen atoms in total. The monoisotopic (exact) mass is 396 g/mol. The van der Waals surface area contributed by atoms with E-state index in [0.29, 0.717) is 16.3 Å². The Balaban J connectivity index is 1.36. The van der Waals surface area contributed by atoms with E-state index in [4.69, 9.17) is 4.42 Å². The van der Waals surface area contributed by atoms with Gasteiger partial charge in [-0.05, 0) is 49.2 Å². The Morgan fingerprint density at radius 2 is 1.66 bits per heavy atom. The third kappa shape index (κ3) is 3.84. The first-order valence-electron chi connectivity index (χ1n) is 9.37. The summed E-state index contributed by atoms with van der Waals surface area (Å²) in [6.45, 7) is 1.35. The molecule has 2 aliphatic rings. The topological polar surface area (TPSA) is 103 Å². The molecule has 0 aliphatic carbocycles. The van der Waals surface area contributed by atoms with Crippen molar-refractivity contribution in [3.8, 4) is 0 Å². The number of furan rings is 1. The number of nitrogens with zero attached hydrogens (tertiary/aromatic N) is 3. The highest BCUT2D eigenvalue weighted by Gasteiger charge is 2.45. The van der Waals surface area contributed by atoms with E-state index < -0.39 is 30.3 Å². The minimum absolute atomic E-state index is 0.160. The number of rotatable bonds is 6. The summed E-state index contributed by atoms with van der Waals surface area (Å²) in [5.74, 6) is -2.20. The van der Waals surface area contributed by atoms with Gasteiger partial charge in [-0.25, -0.2) is 14.6 Å². The summed E-state index contributed by atoms with van der Waals surface area (Å²) in [6, 6.07) is 9.75. The lowest BCUT2D eigenvalue weighted by molar-refractivity contribution is -0.144. The van der Waals surface area contributed by atoms with Crippen molar-refractivity contribution >= 4 is 35.1 Å². The van der Waals surface area contributed by atoms with Crippen molar-refractivity contribution in [1.29, 1.82) is 0 Å². The van der Waals surface area contributed by atoms with Crippen LogP contribution < -0.4 is 10.2 Å². The summed E-state index contributed by atoms with van der Waals surface area (Å²) in [5, 5.41) is 2.65. The minimum atomic E-state index is -1.03. The summed E-state index contributed by atoms with van der Waals surface area (Å²) in [7, 11) is 0. The summed E-state index contributed by atoms with van der Waals surface area (Å²) < 4.78 is 5.11. The molecule has 2 aliphatic heterocycles. The number of benzene rings is 1. The largest absolute Gasteiger partial charge is 0.467 e. The van der Waals surface area contributed by atoms with Crippen LogP contribution in [-0.2, 0) is 20.9 Å². The van der Waals surface area contributed by atoms with E-state index >= 15 is 0 Å². The van der Waals surface area contributed by atoms with Crippen molar-refractivity contribution in [2.45, 2.75) is 19.4 Å². The predicted octanol–water partition coefficient (Wildman–Crippen LogP) is 1.81. The SMILES string of the molecule is O=C(CN1C(=O)C(=O)N(Cc2ccco2)C1=O)Nc1ccc(N2CCCC2)cc1. The minimum Gasteiger partial charge on any atom is -0.467 e. The number of amides is 5. The Morgan fingerprint density at radius 3 is 2.31 bits per heavy atom. The van der Waals surface area contributed by atoms with Crippen LogP contribution in [0, 0.1) is 0 Å². The summed E-state index contributed by atoms with van der Waals surface area (Å²) >= 11 is 0. The van der Waals surface area contributed by atoms with Gasteiger partial charge in [0.2, 0.25) is 5.91 Å². The average Bonchev–Trinajstić information content (AvgIpc) is 3.46. The highest BCUT2D eigenvalue weighted by Crippen LogP contribution is 2.22. The van der Waals surface area contributed by atoms with E-state index in [-0.39, 0.29) is 6.54 Å². The third-order valence-corrected chi connectivity index (χ3v) is 4.95. The van der Waals surface area contributed by atoms with Crippen LogP contribution in [0.5, 0.6) is 0 Å². The molecule has 0 unspecified atom stereocenters. The van der Waals surface area contributed by atoms with Crippen molar-refractivity contribution < 1.29 is 23.6 Å². The Bertz CT molecular complexity index is 932. The number of hydrogen-bond acceptors (Lipinski definition) is 6. The number of imide groups is 2. The maximum Gasteiger partial charge on any atom is 0.335 e. The molecule has 2 aromatic rings. The fourth-order valence-corrected chi connectivity index (χ4v) is 3.46. The molecule has 2 saturated heterocycles. The number of urea groups is 1. The first-order chi connectivity index (χ1) is 14.0. The van der Waals surface area contributed by atoms with Gasteiger partial charge in [-0.2, -0.15) is 0 Å². The smallest absolute Gasteiger partial charge is 0.335 e. The molecule has 29 heavy (non-hydrogen) atoms. The molecule has 2 fully saturated rings. The standard InChI is InChI=1S/C20H20N4O5/c25-17(21-14-5-7-15(8-6-14)22-9-1-2-10-22)13-24-19(27)18(26)23(20(24)28)12-16-4-3-11-29-16/h3-8,11H,1-2,9-10,12-13H2,(H,21,25). The van der Waals surface area contributed by atoms with E-state index in [1.165, 1.54) is 19.1 Å². The molecule has 9 heteroatoms. The molecule has 0 spiro atoms. The van der Waals surface area contributed by atoms with Crippen molar-refractivity contribution in [3.05, 3.63) is 48.4 Å². The van der Waals surface area contributed by atoms with Gasteiger partial charge >= 0.3 is 17.8 Å². The molecule has 0 bridgehead atoms. The second kappa shape index (κ2) is 7.78. The van der Waals surface area contributed by atoms with Gasteiger partial charge in [-0.3, -0.25) is 14.4 Å². The molecule has 3 heterocycles. The zero-order valence-electron chi connectivity index (χ0n) is 15.7. The third-order valence-electron chi connectivity index (χ3n) is 4.95. The van der Waals surface area contributed by atoms with E-state index in [9.17, 15) is 19.2 Å². The molecule has 1 N–H and O–H groups in total. The van der Waals surface area contributed by atoms with Gasteiger partial charge in [0.25, 0.3) is 0 Å². The molecule has 4 rings (SSSR count). The summed E-state index contributed by atoms with van der Waals surface area (Å²) in [6.07, 6.45) is 3.75. The first-order valence-corrected chi connectivity index (χ1v) is 9.37. The molecule has 0 radical (unpaired) electrons. The van der Waals surface area contributed by atoms with Gasteiger partial charge in [0, 0.05) is 24.5 Å². The van der Waals surface area contributed by atoms with Crippen molar-refractivity contribution in [1.82, 2.24) is 9.80 Å². The molecular formula is C20H20N4O5. The maximum atomic E-state index is 12.4. The van der Waals surface area contributed by atoms with Gasteiger partial charge in [0.05, 0.1) is 12.8 Å². The van der Waals surface area contributed by atoms with Crippen LogP contribution in [0.4, 0.5) is 16.2 Å². The number of anilines is 2. The van der Waals surface area contributed by atoms with Gasteiger partial charge in [0.1, 0.15) is 12.3 Å². The lowest BCUT2D eigenvalue weighted by Gasteiger charge is -2.18. The average molecular weight is 396 g/mol. The second-order valence-corrected chi connectivity index (χ2v) is 6.93. The van der Waals surface area contributed by atoms with Crippen molar-refractivity contribution in [2.24, 2.45) is 0 Å². The zero-order chi connectivity index (χ0) is 20.4. The molecule has 1 aromatic carbocycles. The molecular weight excluding hydrogens is 376 g/mol. The fourth-order valence-electron chi connectivity index (χ4n) is 3.46. The number of carbonyl (C=O) groups is 4. The zero-order valence-corrected chi connectivity index (χ0v) is 15.7. The Labute approximate surface area is 166 Å². The summed E-state index contributed by atoms with van der Waals surface area (Å²) in [4.78, 5) is 52.6. The lowest BCUT2D eigenvalue weighted by Crippen LogP contribution is -2.38. The van der Waals surface area contributed by atoms with Crippen LogP contribution in [-0.4, -0.2) is 53.2 Å². The first kappa shape index (κ1) is 18.7. The van der Waals surface area contributed by atoms with Crippen molar-refractivity contribution in [3.63, 3.8) is 0 Å². The van der Waals surface area contributed by atoms with E-state index in [2.05, 4.69) is 10.2 Å². The van der Waals surface area contributed by atoms with Gasteiger partial charge < -0.3 is 14.6 Å². The Hall–Kier alpha value is -3.62. The fraction of sp³-hybridized carbons (Fsp3) is 0.300. The van der Waals surface area contributed by atoms with Gasteiger partial charge in [0.15, 0.2) is 0 Å². The Kier molecular flexibility index (Phi) is 5.03. The molecule has 150 valence electrons. The van der Waals surface area contributed by atoms with Gasteiger partial charge in [-0.15, -0.1) is 0 Å². The van der Waals surface area contributed by atoms with E-state index in [1.807, 2.05) is 12.1 Å². The van der Waals surface area contributed by atoms with E-state index in [1.54, 1.807) is 24.3 Å². The molecule has 1 aromatic heterocycles. The highest BCUT2D eigenvalue weighted by atomic mass is 16.3. The number of nitrogens with one attached hydrogen (secondary N) is 1. The predicted molar refractivity (Wildman–Crippen MR) is 103 cm³/mol. The normalized spacial score (nSPS) is 16.8. The van der Waals surface area contributed by atoms with Crippen LogP contribution in [0.1, 0.15) is 18.6 Å². The van der Waals surface area contributed by atoms with Crippen molar-refractivity contribution in [2.75, 3.05) is 29.9 Å². The van der Waals surface area contributed by atoms with Gasteiger partial charge in [-0.1, -0.05) is 0 Å². The second-order valence-electron chi connectivity index (χ2n) is 6.93. The summed E-state index contributed by atoms with van der Waals surface area (Å²) in [5.41, 5.74) is 1.64. The molecule has 5 amide bonds. The van der Waals surface area contributed by atoms with Crippen LogP contribution >= 0.6 is 0 Å². The Morgan fingerprint density at radius 1 is 0.966 bits per heavy atom. The highest BCUT2D eigenvalue weighted by molar-refractivity contribution is 6.45.